The second kappa shape index (κ2) is 4.91. The molecule has 2 aromatic rings. The molecule has 3 atom stereocenters. The Morgan fingerprint density at radius 2 is 1.86 bits per heavy atom. The van der Waals surface area contributed by atoms with E-state index in [0.29, 0.717) is 5.56 Å². The Hall–Kier alpha value is -1.70. The minimum Gasteiger partial charge on any atom is -0.251 e. The van der Waals surface area contributed by atoms with Crippen LogP contribution in [0.2, 0.25) is 0 Å². The van der Waals surface area contributed by atoms with E-state index in [-0.39, 0.29) is 22.7 Å². The average Bonchev–Trinajstić information content (AvgIpc) is 3.13. The smallest absolute Gasteiger partial charge is 0.239 e. The van der Waals surface area contributed by atoms with Gasteiger partial charge in [-0.1, -0.05) is 0 Å². The molecule has 1 fully saturated rings. The Bertz CT molecular complexity index is 754. The number of rotatable bonds is 3. The Kier molecular flexibility index (Phi) is 3.11. The molecular weight excluding hydrogens is 315 g/mol. The molecule has 4 nitrogen and oxygen atoms in total. The molecule has 2 heterocycles. The molecule has 2 aliphatic rings. The lowest BCUT2D eigenvalue weighted by atomic mass is 10.0. The first-order chi connectivity index (χ1) is 10.5. The molecule has 116 valence electrons. The fourth-order valence-corrected chi connectivity index (χ4v) is 3.93. The van der Waals surface area contributed by atoms with Crippen LogP contribution in [0.25, 0.3) is 0 Å². The van der Waals surface area contributed by atoms with Crippen molar-refractivity contribution in [3.8, 4) is 0 Å². The summed E-state index contributed by atoms with van der Waals surface area (Å²) in [6.45, 7) is 0. The minimum absolute atomic E-state index is 0.0224. The van der Waals surface area contributed by atoms with Crippen molar-refractivity contribution < 1.29 is 17.4 Å². The highest BCUT2D eigenvalue weighted by Gasteiger charge is 2.39. The largest absolute Gasteiger partial charge is 0.251 e. The van der Waals surface area contributed by atoms with Crippen molar-refractivity contribution in [1.29, 1.82) is 0 Å². The Labute approximate surface area is 126 Å². The molecule has 0 N–H and O–H groups in total. The van der Waals surface area contributed by atoms with Gasteiger partial charge in [0.1, 0.15) is 11.6 Å². The van der Waals surface area contributed by atoms with E-state index in [1.54, 1.807) is 0 Å². The highest BCUT2D eigenvalue weighted by Crippen LogP contribution is 2.40. The maximum Gasteiger partial charge on any atom is 0.239 e. The van der Waals surface area contributed by atoms with E-state index in [2.05, 4.69) is 10.1 Å². The Morgan fingerprint density at radius 1 is 1.18 bits per heavy atom. The minimum atomic E-state index is -1.38. The number of fused-ring (bicyclic) bond motifs is 1. The molecule has 1 unspecified atom stereocenters. The molecule has 1 aromatic carbocycles. The Morgan fingerprint density at radius 3 is 2.50 bits per heavy atom. The van der Waals surface area contributed by atoms with Gasteiger partial charge >= 0.3 is 0 Å². The van der Waals surface area contributed by atoms with Crippen LogP contribution in [-0.2, 0) is 10.8 Å². The molecule has 0 amide bonds. The number of hydrogen-bond acceptors (Lipinski definition) is 3. The van der Waals surface area contributed by atoms with Crippen LogP contribution in [0.4, 0.5) is 13.2 Å². The highest BCUT2D eigenvalue weighted by molar-refractivity contribution is 7.85. The van der Waals surface area contributed by atoms with Gasteiger partial charge in [0, 0.05) is 17.7 Å². The van der Waals surface area contributed by atoms with Crippen molar-refractivity contribution in [2.24, 2.45) is 0 Å². The zero-order chi connectivity index (χ0) is 15.4. The van der Waals surface area contributed by atoms with Gasteiger partial charge in [0.15, 0.2) is 12.0 Å². The zero-order valence-corrected chi connectivity index (χ0v) is 12.2. The van der Waals surface area contributed by atoms with Crippen LogP contribution < -0.4 is 0 Å². The van der Waals surface area contributed by atoms with Crippen LogP contribution >= 0.6 is 0 Å². The second-order valence-corrected chi connectivity index (χ2v) is 7.24. The average molecular weight is 327 g/mol. The molecule has 0 bridgehead atoms. The van der Waals surface area contributed by atoms with Crippen molar-refractivity contribution in [1.82, 2.24) is 14.8 Å². The quantitative estimate of drug-likeness (QED) is 0.871. The van der Waals surface area contributed by atoms with E-state index < -0.39 is 34.6 Å². The van der Waals surface area contributed by atoms with Gasteiger partial charge in [-0.3, -0.25) is 4.21 Å². The fraction of sp³-hybridized carbons (Fsp3) is 0.429. The third-order valence-electron chi connectivity index (χ3n) is 3.92. The van der Waals surface area contributed by atoms with Gasteiger partial charge in [0.05, 0.1) is 16.8 Å². The SMILES string of the molecule is O=S(c1nc2n(n1)[C@H](c1cc(F)cc(F)c1)C[C@@H]2F)C1CC1. The van der Waals surface area contributed by atoms with Crippen LogP contribution in [-0.4, -0.2) is 24.2 Å². The third-order valence-corrected chi connectivity index (χ3v) is 5.53. The summed E-state index contributed by atoms with van der Waals surface area (Å²) in [5.41, 5.74) is 0.299. The first-order valence-electron chi connectivity index (χ1n) is 7.00. The van der Waals surface area contributed by atoms with Gasteiger partial charge in [-0.15, -0.1) is 5.10 Å². The molecule has 0 saturated heterocycles. The van der Waals surface area contributed by atoms with Crippen LogP contribution in [0.1, 0.15) is 42.9 Å². The molecule has 0 spiro atoms. The van der Waals surface area contributed by atoms with Gasteiger partial charge in [-0.05, 0) is 30.5 Å². The molecule has 1 aromatic heterocycles. The number of alkyl halides is 1. The van der Waals surface area contributed by atoms with Crippen LogP contribution in [0.3, 0.4) is 0 Å². The van der Waals surface area contributed by atoms with E-state index in [9.17, 15) is 17.4 Å². The summed E-state index contributed by atoms with van der Waals surface area (Å²) in [5.74, 6) is -1.36. The highest BCUT2D eigenvalue weighted by atomic mass is 32.2. The van der Waals surface area contributed by atoms with Gasteiger partial charge in [-0.25, -0.2) is 22.8 Å². The third kappa shape index (κ3) is 2.25. The van der Waals surface area contributed by atoms with Gasteiger partial charge in [0.2, 0.25) is 5.16 Å². The number of hydrogen-bond donors (Lipinski definition) is 0. The van der Waals surface area contributed by atoms with Crippen LogP contribution in [0, 0.1) is 11.6 Å². The van der Waals surface area contributed by atoms with E-state index in [4.69, 9.17) is 0 Å². The summed E-state index contributed by atoms with van der Waals surface area (Å²) in [6, 6.07) is 2.46. The van der Waals surface area contributed by atoms with E-state index in [1.807, 2.05) is 0 Å². The molecular formula is C14H12F3N3OS. The van der Waals surface area contributed by atoms with Gasteiger partial charge in [-0.2, -0.15) is 0 Å². The molecule has 4 rings (SSSR count). The lowest BCUT2D eigenvalue weighted by molar-refractivity contribution is 0.326. The van der Waals surface area contributed by atoms with Gasteiger partial charge in [0.25, 0.3) is 0 Å². The number of nitrogens with zero attached hydrogens (tertiary/aromatic N) is 3. The van der Waals surface area contributed by atoms with Crippen molar-refractivity contribution in [3.05, 3.63) is 41.2 Å². The maximum absolute atomic E-state index is 14.1. The second-order valence-electron chi connectivity index (χ2n) is 5.62. The van der Waals surface area contributed by atoms with Crippen molar-refractivity contribution >= 4 is 10.8 Å². The van der Waals surface area contributed by atoms with Crippen molar-refractivity contribution in [2.75, 3.05) is 0 Å². The van der Waals surface area contributed by atoms with Crippen molar-refractivity contribution in [2.45, 2.75) is 41.9 Å². The first-order valence-corrected chi connectivity index (χ1v) is 8.21. The summed E-state index contributed by atoms with van der Waals surface area (Å²) >= 11 is 0. The first kappa shape index (κ1) is 13.9. The summed E-state index contributed by atoms with van der Waals surface area (Å²) in [4.78, 5) is 4.04. The summed E-state index contributed by atoms with van der Waals surface area (Å²) in [5, 5.41) is 4.30. The molecule has 0 radical (unpaired) electrons. The van der Waals surface area contributed by atoms with E-state index in [1.165, 1.54) is 4.68 Å². The normalized spacial score (nSPS) is 25.2. The van der Waals surface area contributed by atoms with Crippen LogP contribution in [0.5, 0.6) is 0 Å². The van der Waals surface area contributed by atoms with E-state index in [0.717, 1.165) is 31.0 Å². The standard InChI is InChI=1S/C14H12F3N3OS/c15-8-3-7(4-9(16)5-8)12-6-11(17)13-18-14(19-20(12)13)22(21)10-1-2-10/h3-5,10-12H,1-2,6H2/t11-,12-,22?/m0/s1. The monoisotopic (exact) mass is 327 g/mol. The number of halogens is 3. The van der Waals surface area contributed by atoms with Gasteiger partial charge < -0.3 is 0 Å². The fourth-order valence-electron chi connectivity index (χ4n) is 2.72. The topological polar surface area (TPSA) is 47.8 Å². The van der Waals surface area contributed by atoms with Crippen molar-refractivity contribution in [3.63, 3.8) is 0 Å². The lowest BCUT2D eigenvalue weighted by Gasteiger charge is -2.12. The molecule has 1 aliphatic carbocycles. The van der Waals surface area contributed by atoms with E-state index >= 15 is 0 Å². The maximum atomic E-state index is 14.1. The number of aromatic nitrogens is 3. The Balaban J connectivity index is 1.74. The summed E-state index contributed by atoms with van der Waals surface area (Å²) in [7, 11) is -1.33. The summed E-state index contributed by atoms with van der Waals surface area (Å²) < 4.78 is 54.3. The molecule has 22 heavy (non-hydrogen) atoms. The summed E-state index contributed by atoms with van der Waals surface area (Å²) in [6.07, 6.45) is 0.352. The van der Waals surface area contributed by atoms with Crippen LogP contribution in [0.15, 0.2) is 23.4 Å². The molecule has 1 aliphatic heterocycles. The number of benzene rings is 1. The predicted octanol–water partition coefficient (Wildman–Crippen LogP) is 2.83. The molecule has 8 heteroatoms. The zero-order valence-electron chi connectivity index (χ0n) is 11.4. The lowest BCUT2D eigenvalue weighted by Crippen LogP contribution is -2.09. The molecule has 1 saturated carbocycles. The predicted molar refractivity (Wildman–Crippen MR) is 72.4 cm³/mol.